The lowest BCUT2D eigenvalue weighted by atomic mass is 10.0. The highest BCUT2D eigenvalue weighted by atomic mass is 16.6. The van der Waals surface area contributed by atoms with Crippen LogP contribution in [0.25, 0.3) is 0 Å². The maximum Gasteiger partial charge on any atom is 0.372 e. The molecule has 8 nitrogen and oxygen atoms in total. The molecule has 116 valence electrons. The fourth-order valence-corrected chi connectivity index (χ4v) is 2.51. The number of ether oxygens (including phenoxy) is 2. The van der Waals surface area contributed by atoms with E-state index in [0.717, 1.165) is 0 Å². The third-order valence-corrected chi connectivity index (χ3v) is 3.25. The first kappa shape index (κ1) is 15.4. The van der Waals surface area contributed by atoms with Gasteiger partial charge in [0.05, 0.1) is 17.1 Å². The van der Waals surface area contributed by atoms with Crippen LogP contribution in [-0.4, -0.2) is 39.7 Å². The van der Waals surface area contributed by atoms with Crippen molar-refractivity contribution in [1.82, 2.24) is 9.97 Å². The molecule has 1 aromatic rings. The molecule has 2 heterocycles. The van der Waals surface area contributed by atoms with Crippen molar-refractivity contribution >= 4 is 11.5 Å². The number of hydrogen-bond acceptors (Lipinski definition) is 7. The van der Waals surface area contributed by atoms with E-state index in [0.29, 0.717) is 19.4 Å². The highest BCUT2D eigenvalue weighted by Crippen LogP contribution is 2.33. The Morgan fingerprint density at radius 3 is 2.67 bits per heavy atom. The standard InChI is InChI=1S/C13H20N4O4/c1-4-14-12-11(17(18)19)13(16-7-15-12)21-10-5-8(2)20-9(3)6-10/h7-10H,4-6H2,1-3H3,(H,14,15,16). The summed E-state index contributed by atoms with van der Waals surface area (Å²) in [5.74, 6) is 0.193. The molecule has 2 rings (SSSR count). The Bertz CT molecular complexity index is 501. The number of hydrogen-bond donors (Lipinski definition) is 1. The Labute approximate surface area is 123 Å². The first-order chi connectivity index (χ1) is 10.0. The zero-order valence-corrected chi connectivity index (χ0v) is 12.4. The summed E-state index contributed by atoms with van der Waals surface area (Å²) in [6.45, 7) is 6.30. The summed E-state index contributed by atoms with van der Waals surface area (Å²) < 4.78 is 11.4. The van der Waals surface area contributed by atoms with Crippen molar-refractivity contribution < 1.29 is 14.4 Å². The van der Waals surface area contributed by atoms with Crippen molar-refractivity contribution in [1.29, 1.82) is 0 Å². The molecule has 1 aliphatic rings. The van der Waals surface area contributed by atoms with Crippen molar-refractivity contribution in [2.24, 2.45) is 0 Å². The molecule has 1 saturated heterocycles. The summed E-state index contributed by atoms with van der Waals surface area (Å²) in [5.41, 5.74) is -0.217. The molecule has 1 aliphatic heterocycles. The van der Waals surface area contributed by atoms with E-state index >= 15 is 0 Å². The van der Waals surface area contributed by atoms with Crippen LogP contribution >= 0.6 is 0 Å². The second-order valence-corrected chi connectivity index (χ2v) is 5.13. The number of nitro groups is 1. The highest BCUT2D eigenvalue weighted by Gasteiger charge is 2.30. The van der Waals surface area contributed by atoms with E-state index in [1.807, 2.05) is 20.8 Å². The topological polar surface area (TPSA) is 99.4 Å². The molecule has 21 heavy (non-hydrogen) atoms. The summed E-state index contributed by atoms with van der Waals surface area (Å²) in [6, 6.07) is 0. The van der Waals surface area contributed by atoms with Crippen LogP contribution in [0.3, 0.4) is 0 Å². The summed E-state index contributed by atoms with van der Waals surface area (Å²) in [7, 11) is 0. The lowest BCUT2D eigenvalue weighted by Crippen LogP contribution is -2.36. The van der Waals surface area contributed by atoms with E-state index in [1.54, 1.807) is 0 Å². The van der Waals surface area contributed by atoms with Gasteiger partial charge in [0.25, 0.3) is 5.88 Å². The second kappa shape index (κ2) is 6.66. The van der Waals surface area contributed by atoms with Crippen LogP contribution in [0.1, 0.15) is 33.6 Å². The highest BCUT2D eigenvalue weighted by molar-refractivity contribution is 5.61. The van der Waals surface area contributed by atoms with Gasteiger partial charge in [-0.25, -0.2) is 4.98 Å². The third kappa shape index (κ3) is 3.78. The molecule has 1 N–H and O–H groups in total. The molecule has 0 saturated carbocycles. The normalized spacial score (nSPS) is 25.4. The van der Waals surface area contributed by atoms with Gasteiger partial charge in [-0.15, -0.1) is 0 Å². The first-order valence-corrected chi connectivity index (χ1v) is 7.06. The molecule has 1 aromatic heterocycles. The fraction of sp³-hybridized carbons (Fsp3) is 0.692. The monoisotopic (exact) mass is 296 g/mol. The summed E-state index contributed by atoms with van der Waals surface area (Å²) >= 11 is 0. The Kier molecular flexibility index (Phi) is 4.89. The molecule has 8 heteroatoms. The molecule has 1 fully saturated rings. The van der Waals surface area contributed by atoms with Crippen LogP contribution in [-0.2, 0) is 4.74 Å². The first-order valence-electron chi connectivity index (χ1n) is 7.06. The van der Waals surface area contributed by atoms with Gasteiger partial charge in [-0.05, 0) is 20.8 Å². The van der Waals surface area contributed by atoms with E-state index < -0.39 is 4.92 Å². The zero-order chi connectivity index (χ0) is 15.4. The van der Waals surface area contributed by atoms with E-state index in [-0.39, 0.29) is 35.7 Å². The second-order valence-electron chi connectivity index (χ2n) is 5.13. The smallest absolute Gasteiger partial charge is 0.372 e. The van der Waals surface area contributed by atoms with Crippen LogP contribution < -0.4 is 10.1 Å². The van der Waals surface area contributed by atoms with Crippen molar-refractivity contribution in [3.05, 3.63) is 16.4 Å². The molecular formula is C13H20N4O4. The summed E-state index contributed by atoms with van der Waals surface area (Å²) in [4.78, 5) is 18.6. The van der Waals surface area contributed by atoms with Gasteiger partial charge in [0, 0.05) is 19.4 Å². The zero-order valence-electron chi connectivity index (χ0n) is 12.4. The number of nitrogens with zero attached hydrogens (tertiary/aromatic N) is 3. The predicted octanol–water partition coefficient (Wildman–Crippen LogP) is 2.15. The minimum atomic E-state index is -0.514. The van der Waals surface area contributed by atoms with E-state index in [1.165, 1.54) is 6.33 Å². The molecule has 0 bridgehead atoms. The van der Waals surface area contributed by atoms with Gasteiger partial charge >= 0.3 is 5.69 Å². The number of anilines is 1. The van der Waals surface area contributed by atoms with Crippen LogP contribution in [0.4, 0.5) is 11.5 Å². The Morgan fingerprint density at radius 1 is 1.43 bits per heavy atom. The van der Waals surface area contributed by atoms with Crippen molar-refractivity contribution in [3.8, 4) is 5.88 Å². The van der Waals surface area contributed by atoms with E-state index in [4.69, 9.17) is 9.47 Å². The SMILES string of the molecule is CCNc1ncnc(OC2CC(C)OC(C)C2)c1[N+](=O)[O-]. The quantitative estimate of drug-likeness (QED) is 0.656. The van der Waals surface area contributed by atoms with Crippen molar-refractivity contribution in [3.63, 3.8) is 0 Å². The predicted molar refractivity (Wildman–Crippen MR) is 76.5 cm³/mol. The van der Waals surface area contributed by atoms with Gasteiger partial charge < -0.3 is 14.8 Å². The van der Waals surface area contributed by atoms with Gasteiger partial charge in [-0.2, -0.15) is 4.98 Å². The van der Waals surface area contributed by atoms with Crippen LogP contribution in [0.15, 0.2) is 6.33 Å². The lowest BCUT2D eigenvalue weighted by molar-refractivity contribution is -0.385. The number of rotatable bonds is 5. The molecule has 0 spiro atoms. The molecule has 0 aromatic carbocycles. The largest absolute Gasteiger partial charge is 0.469 e. The Hall–Kier alpha value is -1.96. The maximum atomic E-state index is 11.3. The van der Waals surface area contributed by atoms with Gasteiger partial charge in [0.2, 0.25) is 5.82 Å². The Balaban J connectivity index is 2.22. The van der Waals surface area contributed by atoms with Crippen LogP contribution in [0.5, 0.6) is 5.88 Å². The molecule has 0 amide bonds. The number of aromatic nitrogens is 2. The minimum Gasteiger partial charge on any atom is -0.469 e. The molecular weight excluding hydrogens is 276 g/mol. The van der Waals surface area contributed by atoms with Gasteiger partial charge in [-0.3, -0.25) is 10.1 Å². The van der Waals surface area contributed by atoms with Crippen LogP contribution in [0.2, 0.25) is 0 Å². The molecule has 0 aliphatic carbocycles. The average Bonchev–Trinajstić information content (AvgIpc) is 2.37. The van der Waals surface area contributed by atoms with E-state index in [9.17, 15) is 10.1 Å². The third-order valence-electron chi connectivity index (χ3n) is 3.25. The minimum absolute atomic E-state index is 0.0113. The fourth-order valence-electron chi connectivity index (χ4n) is 2.51. The van der Waals surface area contributed by atoms with Gasteiger partial charge in [0.1, 0.15) is 12.4 Å². The van der Waals surface area contributed by atoms with Gasteiger partial charge in [-0.1, -0.05) is 0 Å². The molecule has 2 atom stereocenters. The average molecular weight is 296 g/mol. The van der Waals surface area contributed by atoms with Crippen molar-refractivity contribution in [2.75, 3.05) is 11.9 Å². The lowest BCUT2D eigenvalue weighted by Gasteiger charge is -2.31. The van der Waals surface area contributed by atoms with Gasteiger partial charge in [0.15, 0.2) is 0 Å². The van der Waals surface area contributed by atoms with Crippen LogP contribution in [0, 0.1) is 10.1 Å². The molecule has 0 radical (unpaired) electrons. The summed E-state index contributed by atoms with van der Waals surface area (Å²) in [6.07, 6.45) is 2.61. The number of nitrogens with one attached hydrogen (secondary N) is 1. The summed E-state index contributed by atoms with van der Waals surface area (Å²) in [5, 5.41) is 14.1. The Morgan fingerprint density at radius 2 is 2.10 bits per heavy atom. The molecule has 2 unspecified atom stereocenters. The maximum absolute atomic E-state index is 11.3. The van der Waals surface area contributed by atoms with Crippen molar-refractivity contribution in [2.45, 2.75) is 51.9 Å². The van der Waals surface area contributed by atoms with E-state index in [2.05, 4.69) is 15.3 Å².